The largest absolute Gasteiger partial charge is 0.359 e. The zero-order valence-electron chi connectivity index (χ0n) is 11.9. The van der Waals surface area contributed by atoms with Gasteiger partial charge in [-0.05, 0) is 31.4 Å². The highest BCUT2D eigenvalue weighted by molar-refractivity contribution is 8.14. The molecule has 3 atom stereocenters. The summed E-state index contributed by atoms with van der Waals surface area (Å²) < 4.78 is 0. The lowest BCUT2D eigenvalue weighted by Gasteiger charge is -2.36. The molecule has 0 aromatic heterocycles. The Bertz CT molecular complexity index is 306. The third-order valence-electron chi connectivity index (χ3n) is 3.85. The van der Waals surface area contributed by atoms with E-state index >= 15 is 0 Å². The van der Waals surface area contributed by atoms with Crippen LogP contribution in [0, 0.1) is 5.92 Å². The minimum absolute atomic E-state index is 0.374. The molecule has 2 aliphatic rings. The van der Waals surface area contributed by atoms with Crippen molar-refractivity contribution in [1.82, 2.24) is 5.32 Å². The number of nitrogens with one attached hydrogen (secondary N) is 1. The van der Waals surface area contributed by atoms with Gasteiger partial charge in [0.15, 0.2) is 5.17 Å². The van der Waals surface area contributed by atoms with Crippen molar-refractivity contribution in [2.24, 2.45) is 10.9 Å². The van der Waals surface area contributed by atoms with E-state index in [9.17, 15) is 0 Å². The maximum Gasteiger partial charge on any atom is 0.157 e. The molecule has 2 rings (SSSR count). The van der Waals surface area contributed by atoms with Crippen LogP contribution >= 0.6 is 23.5 Å². The van der Waals surface area contributed by atoms with Crippen molar-refractivity contribution in [2.75, 3.05) is 17.3 Å². The Balaban J connectivity index is 1.88. The van der Waals surface area contributed by atoms with Gasteiger partial charge in [0, 0.05) is 17.0 Å². The first-order chi connectivity index (χ1) is 8.63. The number of amidine groups is 1. The van der Waals surface area contributed by atoms with Gasteiger partial charge >= 0.3 is 0 Å². The van der Waals surface area contributed by atoms with Crippen LogP contribution in [-0.4, -0.2) is 34.0 Å². The zero-order chi connectivity index (χ0) is 13.0. The first-order valence-corrected chi connectivity index (χ1v) is 9.34. The van der Waals surface area contributed by atoms with Crippen LogP contribution in [0.5, 0.6) is 0 Å². The summed E-state index contributed by atoms with van der Waals surface area (Å²) in [5.41, 5.74) is 0.374. The van der Waals surface area contributed by atoms with Crippen LogP contribution in [0.1, 0.15) is 46.5 Å². The molecule has 1 aliphatic carbocycles. The quantitative estimate of drug-likeness (QED) is 0.851. The summed E-state index contributed by atoms with van der Waals surface area (Å²) in [6, 6.07) is 0.445. The van der Waals surface area contributed by atoms with Gasteiger partial charge in [0.05, 0.1) is 6.04 Å². The van der Waals surface area contributed by atoms with Gasteiger partial charge in [-0.2, -0.15) is 11.8 Å². The maximum absolute atomic E-state index is 4.84. The fourth-order valence-electron chi connectivity index (χ4n) is 3.01. The van der Waals surface area contributed by atoms with Crippen LogP contribution in [-0.2, 0) is 0 Å². The van der Waals surface area contributed by atoms with Gasteiger partial charge < -0.3 is 5.32 Å². The van der Waals surface area contributed by atoms with Crippen LogP contribution in [0.2, 0.25) is 0 Å². The van der Waals surface area contributed by atoms with Crippen molar-refractivity contribution >= 4 is 28.7 Å². The predicted octanol–water partition coefficient (Wildman–Crippen LogP) is 3.77. The SMILES string of the molecule is CCSCC(C)N=C1NC2(CCCC(C)C2)CS1. The lowest BCUT2D eigenvalue weighted by atomic mass is 9.78. The molecule has 1 spiro atoms. The topological polar surface area (TPSA) is 24.4 Å². The molecule has 2 nitrogen and oxygen atoms in total. The molecule has 0 aromatic rings. The van der Waals surface area contributed by atoms with Crippen molar-refractivity contribution < 1.29 is 0 Å². The van der Waals surface area contributed by atoms with E-state index in [1.54, 1.807) is 0 Å². The third kappa shape index (κ3) is 3.83. The molecule has 0 bridgehead atoms. The van der Waals surface area contributed by atoms with Gasteiger partial charge in [-0.3, -0.25) is 4.99 Å². The Morgan fingerprint density at radius 2 is 2.44 bits per heavy atom. The van der Waals surface area contributed by atoms with Crippen molar-refractivity contribution in [3.63, 3.8) is 0 Å². The molecule has 104 valence electrons. The molecule has 1 aliphatic heterocycles. The molecule has 1 N–H and O–H groups in total. The monoisotopic (exact) mass is 286 g/mol. The van der Waals surface area contributed by atoms with Crippen molar-refractivity contribution in [1.29, 1.82) is 0 Å². The van der Waals surface area contributed by atoms with Crippen molar-refractivity contribution in [3.8, 4) is 0 Å². The minimum atomic E-state index is 0.374. The van der Waals surface area contributed by atoms with Crippen molar-refractivity contribution in [2.45, 2.75) is 58.0 Å². The summed E-state index contributed by atoms with van der Waals surface area (Å²) in [5.74, 6) is 4.44. The lowest BCUT2D eigenvalue weighted by Crippen LogP contribution is -2.47. The van der Waals surface area contributed by atoms with Crippen LogP contribution < -0.4 is 5.32 Å². The van der Waals surface area contributed by atoms with E-state index in [0.29, 0.717) is 11.6 Å². The fraction of sp³-hybridized carbons (Fsp3) is 0.929. The van der Waals surface area contributed by atoms with Gasteiger partial charge in [0.2, 0.25) is 0 Å². The van der Waals surface area contributed by atoms with Gasteiger partial charge in [0.1, 0.15) is 0 Å². The Morgan fingerprint density at radius 1 is 1.61 bits per heavy atom. The number of hydrogen-bond acceptors (Lipinski definition) is 3. The molecule has 0 aromatic carbocycles. The predicted molar refractivity (Wildman–Crippen MR) is 85.9 cm³/mol. The highest BCUT2D eigenvalue weighted by atomic mass is 32.2. The molecule has 1 saturated carbocycles. The number of hydrogen-bond donors (Lipinski definition) is 1. The van der Waals surface area contributed by atoms with Crippen LogP contribution in [0.3, 0.4) is 0 Å². The summed E-state index contributed by atoms with van der Waals surface area (Å²) in [5, 5.41) is 4.95. The van der Waals surface area contributed by atoms with Gasteiger partial charge in [-0.15, -0.1) is 0 Å². The average Bonchev–Trinajstić information content (AvgIpc) is 2.69. The molecule has 2 fully saturated rings. The molecule has 0 amide bonds. The summed E-state index contributed by atoms with van der Waals surface area (Å²) in [6.07, 6.45) is 5.45. The van der Waals surface area contributed by atoms with Crippen LogP contribution in [0.25, 0.3) is 0 Å². The first kappa shape index (κ1) is 14.6. The standard InChI is InChI=1S/C14H26N2S2/c1-4-17-9-12(3)15-13-16-14(10-18-13)7-5-6-11(2)8-14/h11-12H,4-10H2,1-3H3,(H,15,16). The molecule has 0 radical (unpaired) electrons. The normalized spacial score (nSPS) is 35.9. The maximum atomic E-state index is 4.84. The van der Waals surface area contributed by atoms with E-state index in [4.69, 9.17) is 4.99 Å². The third-order valence-corrected chi connectivity index (χ3v) is 6.15. The van der Waals surface area contributed by atoms with Gasteiger partial charge in [-0.1, -0.05) is 38.5 Å². The van der Waals surface area contributed by atoms with E-state index in [0.717, 1.165) is 11.7 Å². The van der Waals surface area contributed by atoms with E-state index < -0.39 is 0 Å². The second-order valence-electron chi connectivity index (χ2n) is 5.84. The number of nitrogens with zero attached hydrogens (tertiary/aromatic N) is 1. The summed E-state index contributed by atoms with van der Waals surface area (Å²) in [7, 11) is 0. The second kappa shape index (κ2) is 6.56. The Morgan fingerprint density at radius 3 is 3.17 bits per heavy atom. The molecule has 1 heterocycles. The van der Waals surface area contributed by atoms with E-state index in [-0.39, 0.29) is 0 Å². The van der Waals surface area contributed by atoms with E-state index in [2.05, 4.69) is 26.1 Å². The van der Waals surface area contributed by atoms with Crippen LogP contribution in [0.4, 0.5) is 0 Å². The van der Waals surface area contributed by atoms with Gasteiger partial charge in [0.25, 0.3) is 0 Å². The minimum Gasteiger partial charge on any atom is -0.359 e. The average molecular weight is 287 g/mol. The Kier molecular flexibility index (Phi) is 5.31. The van der Waals surface area contributed by atoms with Crippen molar-refractivity contribution in [3.05, 3.63) is 0 Å². The van der Waals surface area contributed by atoms with Gasteiger partial charge in [-0.25, -0.2) is 0 Å². The molecule has 18 heavy (non-hydrogen) atoms. The molecular formula is C14H26N2S2. The highest BCUT2D eigenvalue weighted by Gasteiger charge is 2.40. The highest BCUT2D eigenvalue weighted by Crippen LogP contribution is 2.38. The number of rotatable bonds is 4. The number of thioether (sulfide) groups is 2. The first-order valence-electron chi connectivity index (χ1n) is 7.20. The smallest absolute Gasteiger partial charge is 0.157 e. The van der Waals surface area contributed by atoms with E-state index in [1.165, 1.54) is 42.4 Å². The molecule has 1 saturated heterocycles. The molecule has 3 unspecified atom stereocenters. The Hall–Kier alpha value is 0.170. The zero-order valence-corrected chi connectivity index (χ0v) is 13.5. The summed E-state index contributed by atoms with van der Waals surface area (Å²) in [4.78, 5) is 4.84. The Labute approximate surface area is 120 Å². The van der Waals surface area contributed by atoms with Crippen LogP contribution in [0.15, 0.2) is 4.99 Å². The second-order valence-corrected chi connectivity index (χ2v) is 8.12. The number of aliphatic imine (C=N–C) groups is 1. The lowest BCUT2D eigenvalue weighted by molar-refractivity contribution is 0.242. The molecule has 4 heteroatoms. The van der Waals surface area contributed by atoms with E-state index in [1.807, 2.05) is 23.5 Å². The molecular weight excluding hydrogens is 260 g/mol. The fourth-order valence-corrected chi connectivity index (χ4v) is 4.95. The summed E-state index contributed by atoms with van der Waals surface area (Å²) >= 11 is 3.92. The summed E-state index contributed by atoms with van der Waals surface area (Å²) in [6.45, 7) is 6.83.